The summed E-state index contributed by atoms with van der Waals surface area (Å²) in [4.78, 5) is 25.1. The molecule has 0 radical (unpaired) electrons. The van der Waals surface area contributed by atoms with Crippen molar-refractivity contribution in [2.45, 2.75) is 18.9 Å². The second-order valence-electron chi connectivity index (χ2n) is 6.43. The zero-order valence-corrected chi connectivity index (χ0v) is 14.4. The summed E-state index contributed by atoms with van der Waals surface area (Å²) < 4.78 is 6.67. The van der Waals surface area contributed by atoms with Gasteiger partial charge in [0.1, 0.15) is 0 Å². The number of fused-ring (bicyclic) bond motifs is 2. The number of rotatable bonds is 3. The third kappa shape index (κ3) is 2.83. The highest BCUT2D eigenvalue weighted by molar-refractivity contribution is 5.95. The number of amides is 1. The molecular formula is C20H19N3O3. The number of hydrogen-bond acceptors (Lipinski definition) is 4. The largest absolute Gasteiger partial charge is 0.469 e. The molecule has 0 spiro atoms. The summed E-state index contributed by atoms with van der Waals surface area (Å²) in [7, 11) is 1.38. The standard InChI is InChI=1S/C20H19N3O3/c1-26-20(25)17-7-6-13-4-2-3-5-16(13)18(17)22-19(24)14-9-11-23-15(12-14)8-10-21-23/h2-5,8-12,17-18H,6-7H2,1H3,(H,22,24)/t17-,18+/m1/s1. The molecule has 1 aromatic carbocycles. The predicted octanol–water partition coefficient (Wildman–Crippen LogP) is 2.54. The number of aryl methyl sites for hydroxylation is 1. The third-order valence-corrected chi connectivity index (χ3v) is 4.97. The average Bonchev–Trinajstić information content (AvgIpc) is 3.15. The second-order valence-corrected chi connectivity index (χ2v) is 6.43. The van der Waals surface area contributed by atoms with Crippen LogP contribution in [0.25, 0.3) is 5.52 Å². The fraction of sp³-hybridized carbons (Fsp3) is 0.250. The summed E-state index contributed by atoms with van der Waals surface area (Å²) in [6.07, 6.45) is 4.87. The fourth-order valence-corrected chi connectivity index (χ4v) is 3.63. The van der Waals surface area contributed by atoms with Crippen LogP contribution in [0.1, 0.15) is 33.9 Å². The lowest BCUT2D eigenvalue weighted by Gasteiger charge is -2.32. The van der Waals surface area contributed by atoms with Gasteiger partial charge in [-0.3, -0.25) is 9.59 Å². The van der Waals surface area contributed by atoms with E-state index in [1.54, 1.807) is 29.0 Å². The summed E-state index contributed by atoms with van der Waals surface area (Å²) in [6, 6.07) is 12.8. The van der Waals surface area contributed by atoms with Gasteiger partial charge in [0.2, 0.25) is 0 Å². The first-order valence-corrected chi connectivity index (χ1v) is 8.57. The van der Waals surface area contributed by atoms with E-state index in [0.29, 0.717) is 12.0 Å². The number of carbonyl (C=O) groups is 2. The number of benzene rings is 1. The van der Waals surface area contributed by atoms with Crippen LogP contribution < -0.4 is 5.32 Å². The van der Waals surface area contributed by atoms with Crippen LogP contribution >= 0.6 is 0 Å². The SMILES string of the molecule is COC(=O)[C@@H]1CCc2ccccc2[C@@H]1NC(=O)c1ccn2nccc2c1. The van der Waals surface area contributed by atoms with Crippen LogP contribution in [0.15, 0.2) is 54.9 Å². The second kappa shape index (κ2) is 6.63. The van der Waals surface area contributed by atoms with Crippen LogP contribution in [0, 0.1) is 5.92 Å². The molecule has 2 heterocycles. The van der Waals surface area contributed by atoms with Crippen LogP contribution in [0.2, 0.25) is 0 Å². The highest BCUT2D eigenvalue weighted by Crippen LogP contribution is 2.35. The van der Waals surface area contributed by atoms with E-state index in [1.807, 2.05) is 30.3 Å². The number of pyridine rings is 1. The van der Waals surface area contributed by atoms with E-state index in [2.05, 4.69) is 10.4 Å². The van der Waals surface area contributed by atoms with Gasteiger partial charge in [-0.25, -0.2) is 4.52 Å². The molecule has 0 bridgehead atoms. The Morgan fingerprint density at radius 3 is 2.92 bits per heavy atom. The molecule has 1 N–H and O–H groups in total. The van der Waals surface area contributed by atoms with Gasteiger partial charge in [-0.05, 0) is 42.2 Å². The first-order chi connectivity index (χ1) is 12.7. The molecule has 0 saturated heterocycles. The summed E-state index contributed by atoms with van der Waals surface area (Å²) in [5.41, 5.74) is 3.51. The van der Waals surface area contributed by atoms with Gasteiger partial charge in [0.05, 0.1) is 24.6 Å². The molecule has 0 fully saturated rings. The Morgan fingerprint density at radius 2 is 2.08 bits per heavy atom. The molecule has 0 aliphatic heterocycles. The van der Waals surface area contributed by atoms with E-state index in [0.717, 1.165) is 23.1 Å². The van der Waals surface area contributed by atoms with E-state index < -0.39 is 12.0 Å². The molecule has 26 heavy (non-hydrogen) atoms. The van der Waals surface area contributed by atoms with Crippen LogP contribution in [0.5, 0.6) is 0 Å². The van der Waals surface area contributed by atoms with E-state index in [1.165, 1.54) is 7.11 Å². The molecule has 3 aromatic rings. The molecule has 6 nitrogen and oxygen atoms in total. The Balaban J connectivity index is 1.66. The number of aromatic nitrogens is 2. The molecule has 132 valence electrons. The van der Waals surface area contributed by atoms with Crippen molar-refractivity contribution in [2.75, 3.05) is 7.11 Å². The lowest BCUT2D eigenvalue weighted by Crippen LogP contribution is -2.40. The van der Waals surface area contributed by atoms with Crippen molar-refractivity contribution in [3.8, 4) is 0 Å². The maximum atomic E-state index is 12.9. The Bertz CT molecular complexity index is 979. The molecule has 2 aromatic heterocycles. The van der Waals surface area contributed by atoms with Gasteiger partial charge in [-0.15, -0.1) is 0 Å². The lowest BCUT2D eigenvalue weighted by molar-refractivity contribution is -0.147. The molecule has 1 aliphatic rings. The molecule has 2 atom stereocenters. The van der Waals surface area contributed by atoms with Gasteiger partial charge in [-0.1, -0.05) is 24.3 Å². The first-order valence-electron chi connectivity index (χ1n) is 8.57. The van der Waals surface area contributed by atoms with Crippen molar-refractivity contribution < 1.29 is 14.3 Å². The molecule has 1 amide bonds. The van der Waals surface area contributed by atoms with E-state index >= 15 is 0 Å². The number of nitrogens with one attached hydrogen (secondary N) is 1. The number of hydrogen-bond donors (Lipinski definition) is 1. The van der Waals surface area contributed by atoms with Crippen molar-refractivity contribution in [1.82, 2.24) is 14.9 Å². The summed E-state index contributed by atoms with van der Waals surface area (Å²) >= 11 is 0. The Labute approximate surface area is 150 Å². The molecule has 6 heteroatoms. The van der Waals surface area contributed by atoms with Crippen LogP contribution in [-0.2, 0) is 16.0 Å². The normalized spacial score (nSPS) is 19.0. The quantitative estimate of drug-likeness (QED) is 0.738. The van der Waals surface area contributed by atoms with Gasteiger partial charge in [0.25, 0.3) is 5.91 Å². The number of nitrogens with zero attached hydrogens (tertiary/aromatic N) is 2. The van der Waals surface area contributed by atoms with E-state index in [-0.39, 0.29) is 11.9 Å². The van der Waals surface area contributed by atoms with Crippen LogP contribution in [0.4, 0.5) is 0 Å². The number of esters is 1. The zero-order chi connectivity index (χ0) is 18.1. The first kappa shape index (κ1) is 16.3. The number of carbonyl (C=O) groups excluding carboxylic acids is 2. The van der Waals surface area contributed by atoms with Gasteiger partial charge in [-0.2, -0.15) is 5.10 Å². The predicted molar refractivity (Wildman–Crippen MR) is 95.7 cm³/mol. The highest BCUT2D eigenvalue weighted by atomic mass is 16.5. The monoisotopic (exact) mass is 349 g/mol. The number of ether oxygens (including phenoxy) is 1. The summed E-state index contributed by atoms with van der Waals surface area (Å²) in [5, 5.41) is 7.18. The smallest absolute Gasteiger partial charge is 0.311 e. The van der Waals surface area contributed by atoms with Gasteiger partial charge in [0, 0.05) is 18.0 Å². The zero-order valence-electron chi connectivity index (χ0n) is 14.4. The van der Waals surface area contributed by atoms with Gasteiger partial charge < -0.3 is 10.1 Å². The molecule has 0 unspecified atom stereocenters. The van der Waals surface area contributed by atoms with E-state index in [9.17, 15) is 9.59 Å². The maximum absolute atomic E-state index is 12.9. The van der Waals surface area contributed by atoms with Gasteiger partial charge in [0.15, 0.2) is 0 Å². The Hall–Kier alpha value is -3.15. The van der Waals surface area contributed by atoms with Gasteiger partial charge >= 0.3 is 5.97 Å². The maximum Gasteiger partial charge on any atom is 0.311 e. The minimum absolute atomic E-state index is 0.218. The van der Waals surface area contributed by atoms with Crippen molar-refractivity contribution in [3.05, 3.63) is 71.5 Å². The minimum Gasteiger partial charge on any atom is -0.469 e. The lowest BCUT2D eigenvalue weighted by atomic mass is 9.79. The number of methoxy groups -OCH3 is 1. The minimum atomic E-state index is -0.402. The van der Waals surface area contributed by atoms with Crippen molar-refractivity contribution in [1.29, 1.82) is 0 Å². The molecule has 4 rings (SSSR count). The topological polar surface area (TPSA) is 72.7 Å². The Kier molecular flexibility index (Phi) is 4.16. The molecular weight excluding hydrogens is 330 g/mol. The molecule has 1 aliphatic carbocycles. The highest BCUT2D eigenvalue weighted by Gasteiger charge is 2.36. The van der Waals surface area contributed by atoms with Crippen molar-refractivity contribution >= 4 is 17.4 Å². The summed E-state index contributed by atoms with van der Waals surface area (Å²) in [5.74, 6) is -0.905. The van der Waals surface area contributed by atoms with Crippen LogP contribution in [-0.4, -0.2) is 28.6 Å². The van der Waals surface area contributed by atoms with Crippen molar-refractivity contribution in [3.63, 3.8) is 0 Å². The molecule has 0 saturated carbocycles. The third-order valence-electron chi connectivity index (χ3n) is 4.97. The van der Waals surface area contributed by atoms with Crippen LogP contribution in [0.3, 0.4) is 0 Å². The fourth-order valence-electron chi connectivity index (χ4n) is 3.63. The van der Waals surface area contributed by atoms with E-state index in [4.69, 9.17) is 4.74 Å². The average molecular weight is 349 g/mol. The summed E-state index contributed by atoms with van der Waals surface area (Å²) in [6.45, 7) is 0. The Morgan fingerprint density at radius 1 is 1.23 bits per heavy atom. The van der Waals surface area contributed by atoms with Crippen molar-refractivity contribution in [2.24, 2.45) is 5.92 Å².